The number of hydrogen-bond donors (Lipinski definition) is 0. The molecule has 0 atom stereocenters. The fourth-order valence-electron chi connectivity index (χ4n) is 3.75. The Morgan fingerprint density at radius 1 is 0.903 bits per heavy atom. The van der Waals surface area contributed by atoms with E-state index in [0.29, 0.717) is 24.7 Å². The molecule has 0 unspecified atom stereocenters. The molecule has 0 saturated heterocycles. The molecule has 0 radical (unpaired) electrons. The lowest BCUT2D eigenvalue weighted by Crippen LogP contribution is -2.28. The first-order chi connectivity index (χ1) is 15.2. The summed E-state index contributed by atoms with van der Waals surface area (Å²) in [5.41, 5.74) is 1.39. The number of nitrogens with zero attached hydrogens (tertiary/aromatic N) is 3. The van der Waals surface area contributed by atoms with Crippen LogP contribution in [0.15, 0.2) is 38.2 Å². The zero-order valence-corrected chi connectivity index (χ0v) is 21.4. The Morgan fingerprint density at radius 3 is 2.06 bits per heavy atom. The molecule has 1 aromatic carbocycles. The minimum Gasteiger partial charge on any atom is -0.494 e. The molecule has 1 saturated carbocycles. The minimum atomic E-state index is -2.81. The number of rotatable bonds is 13. The minimum absolute atomic E-state index is 0.293. The number of unbranched alkanes of at least 4 members (excludes halogenated alkanes) is 1. The lowest BCUT2D eigenvalue weighted by molar-refractivity contribution is 0.0250. The Morgan fingerprint density at radius 2 is 1.52 bits per heavy atom. The predicted octanol–water partition coefficient (Wildman–Crippen LogP) is 6.55. The van der Waals surface area contributed by atoms with Gasteiger partial charge in [-0.25, -0.2) is 14.0 Å². The number of benzene rings is 1. The quantitative estimate of drug-likeness (QED) is 0.136. The molecule has 1 aliphatic carbocycles. The van der Waals surface area contributed by atoms with Crippen LogP contribution in [0.1, 0.15) is 63.4 Å². The van der Waals surface area contributed by atoms with Crippen molar-refractivity contribution in [3.05, 3.63) is 29.8 Å². The van der Waals surface area contributed by atoms with E-state index in [4.69, 9.17) is 46.1 Å². The molecule has 0 spiro atoms. The standard InChI is InChI=1S/C22H29N3O2S3Si/c1-2-3-13-26-21-9-5-19(6-10-21)20-7-11-22(12-8-20)27-14-4-15-31(23-16-28,24-17-29)25-18-30/h5-6,9-10,20,22H,2-4,7-8,11-15H2,1H3/t20-,22-. The summed E-state index contributed by atoms with van der Waals surface area (Å²) in [5.74, 6) is 1.55. The maximum Gasteiger partial charge on any atom is 0.461 e. The van der Waals surface area contributed by atoms with Gasteiger partial charge >= 0.3 is 8.56 Å². The highest BCUT2D eigenvalue weighted by Gasteiger charge is 2.34. The summed E-state index contributed by atoms with van der Waals surface area (Å²) in [4.78, 5) is 0. The third-order valence-corrected chi connectivity index (χ3v) is 8.67. The van der Waals surface area contributed by atoms with Gasteiger partial charge in [0.2, 0.25) is 0 Å². The second-order valence-electron chi connectivity index (χ2n) is 7.60. The summed E-state index contributed by atoms with van der Waals surface area (Å²) in [6.45, 7) is 3.58. The van der Waals surface area contributed by atoms with E-state index in [1.807, 2.05) is 0 Å². The molecular weight excluding hydrogens is 463 g/mol. The molecule has 9 heteroatoms. The fourth-order valence-corrected chi connectivity index (χ4v) is 6.61. The summed E-state index contributed by atoms with van der Waals surface area (Å²) in [6.07, 6.45) is 7.70. The summed E-state index contributed by atoms with van der Waals surface area (Å²) in [7, 11) is -2.81. The highest BCUT2D eigenvalue weighted by molar-refractivity contribution is 7.78. The van der Waals surface area contributed by atoms with Crippen LogP contribution in [0.5, 0.6) is 5.75 Å². The van der Waals surface area contributed by atoms with E-state index in [-0.39, 0.29) is 0 Å². The molecule has 0 bridgehead atoms. The van der Waals surface area contributed by atoms with Crippen LogP contribution in [-0.4, -0.2) is 43.4 Å². The van der Waals surface area contributed by atoms with Gasteiger partial charge in [-0.1, -0.05) is 25.5 Å². The molecule has 1 aliphatic rings. The summed E-state index contributed by atoms with van der Waals surface area (Å²) < 4.78 is 24.3. The molecular formula is C22H29N3O2S3Si. The average molecular weight is 492 g/mol. The summed E-state index contributed by atoms with van der Waals surface area (Å²) in [6, 6.07) is 9.21. The topological polar surface area (TPSA) is 55.5 Å². The number of thiocarbonyl (C=S) groups is 3. The Labute approximate surface area is 202 Å². The molecule has 1 aromatic rings. The van der Waals surface area contributed by atoms with Crippen molar-refractivity contribution < 1.29 is 9.47 Å². The second kappa shape index (κ2) is 14.6. The van der Waals surface area contributed by atoms with Gasteiger partial charge in [-0.15, -0.1) is 0 Å². The zero-order chi connectivity index (χ0) is 22.4. The molecule has 0 N–H and O–H groups in total. The van der Waals surface area contributed by atoms with Crippen LogP contribution < -0.4 is 4.74 Å². The van der Waals surface area contributed by atoms with Crippen molar-refractivity contribution in [2.45, 2.75) is 69.9 Å². The van der Waals surface area contributed by atoms with E-state index in [9.17, 15) is 0 Å². The number of hydrogen-bond acceptors (Lipinski definition) is 8. The molecule has 166 valence electrons. The monoisotopic (exact) mass is 491 g/mol. The molecule has 5 nitrogen and oxygen atoms in total. The summed E-state index contributed by atoms with van der Waals surface area (Å²) in [5, 5.41) is 7.10. The van der Waals surface area contributed by atoms with Crippen LogP contribution in [0.2, 0.25) is 6.04 Å². The van der Waals surface area contributed by atoms with Gasteiger partial charge in [0, 0.05) is 12.7 Å². The second-order valence-corrected chi connectivity index (χ2v) is 10.9. The normalized spacial score (nSPS) is 19.8. The van der Waals surface area contributed by atoms with Crippen molar-refractivity contribution in [1.82, 2.24) is 0 Å². The van der Waals surface area contributed by atoms with Crippen molar-refractivity contribution in [3.63, 3.8) is 0 Å². The number of isothiocyanates is 3. The third kappa shape index (κ3) is 8.93. The zero-order valence-electron chi connectivity index (χ0n) is 17.9. The van der Waals surface area contributed by atoms with Crippen molar-refractivity contribution >= 4 is 60.7 Å². The van der Waals surface area contributed by atoms with E-state index >= 15 is 0 Å². The Hall–Kier alpha value is -1.40. The molecule has 0 aliphatic heterocycles. The van der Waals surface area contributed by atoms with Gasteiger partial charge in [-0.2, -0.15) is 0 Å². The van der Waals surface area contributed by atoms with Gasteiger partial charge in [0.05, 0.1) is 28.2 Å². The summed E-state index contributed by atoms with van der Waals surface area (Å²) >= 11 is 14.2. The first kappa shape index (κ1) is 25.9. The van der Waals surface area contributed by atoms with Gasteiger partial charge in [0.1, 0.15) is 5.75 Å². The van der Waals surface area contributed by atoms with Crippen LogP contribution in [0.25, 0.3) is 0 Å². The lowest BCUT2D eigenvalue weighted by Gasteiger charge is -2.29. The van der Waals surface area contributed by atoms with E-state index in [1.54, 1.807) is 0 Å². The van der Waals surface area contributed by atoms with Crippen LogP contribution >= 0.6 is 36.7 Å². The molecule has 2 rings (SSSR count). The van der Waals surface area contributed by atoms with Crippen LogP contribution in [0.4, 0.5) is 0 Å². The number of ether oxygens (including phenoxy) is 2. The Bertz CT molecular complexity index is 779. The van der Waals surface area contributed by atoms with Crippen molar-refractivity contribution in [2.75, 3.05) is 13.2 Å². The van der Waals surface area contributed by atoms with E-state index in [0.717, 1.165) is 57.3 Å². The highest BCUT2D eigenvalue weighted by Crippen LogP contribution is 2.34. The van der Waals surface area contributed by atoms with Crippen LogP contribution in [0.3, 0.4) is 0 Å². The molecule has 1 fully saturated rings. The van der Waals surface area contributed by atoms with E-state index in [1.165, 1.54) is 5.56 Å². The SMILES string of the molecule is CCCCOc1ccc([C@H]2CC[C@H](OCCC[Si](N=C=S)(N=C=S)N=C=S)CC2)cc1. The maximum atomic E-state index is 6.11. The third-order valence-electron chi connectivity index (χ3n) is 5.48. The van der Waals surface area contributed by atoms with Crippen molar-refractivity contribution in [3.8, 4) is 5.75 Å². The average Bonchev–Trinajstić information content (AvgIpc) is 2.78. The van der Waals surface area contributed by atoms with Crippen molar-refractivity contribution in [2.24, 2.45) is 14.0 Å². The predicted molar refractivity (Wildman–Crippen MR) is 138 cm³/mol. The van der Waals surface area contributed by atoms with Gasteiger partial charge in [-0.05, 0) is 98.8 Å². The maximum absolute atomic E-state index is 6.11. The molecule has 31 heavy (non-hydrogen) atoms. The van der Waals surface area contributed by atoms with Gasteiger partial charge in [-0.3, -0.25) is 0 Å². The highest BCUT2D eigenvalue weighted by atomic mass is 32.1. The van der Waals surface area contributed by atoms with Gasteiger partial charge < -0.3 is 9.47 Å². The molecule has 0 aromatic heterocycles. The molecule has 0 amide bonds. The van der Waals surface area contributed by atoms with Crippen LogP contribution in [-0.2, 0) is 4.74 Å². The largest absolute Gasteiger partial charge is 0.494 e. The Balaban J connectivity index is 1.75. The van der Waals surface area contributed by atoms with Crippen molar-refractivity contribution in [1.29, 1.82) is 0 Å². The van der Waals surface area contributed by atoms with Crippen LogP contribution in [0, 0.1) is 0 Å². The van der Waals surface area contributed by atoms with Gasteiger partial charge in [0.15, 0.2) is 0 Å². The first-order valence-electron chi connectivity index (χ1n) is 10.8. The smallest absolute Gasteiger partial charge is 0.461 e. The van der Waals surface area contributed by atoms with E-state index in [2.05, 4.69) is 60.6 Å². The first-order valence-corrected chi connectivity index (χ1v) is 14.0. The Kier molecular flexibility index (Phi) is 12.2. The molecule has 0 heterocycles. The lowest BCUT2D eigenvalue weighted by atomic mass is 9.83. The van der Waals surface area contributed by atoms with E-state index < -0.39 is 8.56 Å². The van der Waals surface area contributed by atoms with Gasteiger partial charge in [0.25, 0.3) is 0 Å². The fraction of sp³-hybridized carbons (Fsp3) is 0.591.